The Morgan fingerprint density at radius 1 is 1.33 bits per heavy atom. The standard InChI is InChI=1S/C14H20N2OS/c1-5-12-8-15-14(18-12)11(4)16-10(3)13-7-6-9(2)17-13/h6-8,10-11,16H,5H2,1-4H3/t10-,11-/m0/s1. The second-order valence-electron chi connectivity index (χ2n) is 4.58. The number of hydrogen-bond donors (Lipinski definition) is 1. The number of hydrogen-bond acceptors (Lipinski definition) is 4. The second-order valence-corrected chi connectivity index (χ2v) is 5.72. The minimum atomic E-state index is 0.197. The number of rotatable bonds is 5. The van der Waals surface area contributed by atoms with Crippen molar-refractivity contribution in [2.45, 2.75) is 46.2 Å². The lowest BCUT2D eigenvalue weighted by Gasteiger charge is -2.16. The quantitative estimate of drug-likeness (QED) is 0.886. The fourth-order valence-corrected chi connectivity index (χ4v) is 2.77. The van der Waals surface area contributed by atoms with E-state index in [1.165, 1.54) is 4.88 Å². The molecule has 4 heteroatoms. The highest BCUT2D eigenvalue weighted by molar-refractivity contribution is 7.11. The van der Waals surface area contributed by atoms with E-state index in [4.69, 9.17) is 4.42 Å². The molecule has 2 heterocycles. The van der Waals surface area contributed by atoms with Crippen molar-refractivity contribution in [1.82, 2.24) is 10.3 Å². The highest BCUT2D eigenvalue weighted by atomic mass is 32.1. The van der Waals surface area contributed by atoms with Crippen molar-refractivity contribution in [3.8, 4) is 0 Å². The lowest BCUT2D eigenvalue weighted by atomic mass is 10.2. The van der Waals surface area contributed by atoms with Crippen molar-refractivity contribution in [3.05, 3.63) is 39.7 Å². The molecule has 18 heavy (non-hydrogen) atoms. The third kappa shape index (κ3) is 3.00. The SMILES string of the molecule is CCc1cnc([C@H](C)N[C@@H](C)c2ccc(C)o2)s1. The van der Waals surface area contributed by atoms with Gasteiger partial charge in [0.15, 0.2) is 0 Å². The molecule has 0 aliphatic rings. The Bertz CT molecular complexity index is 503. The Kier molecular flexibility index (Phi) is 4.19. The molecule has 0 bridgehead atoms. The third-order valence-electron chi connectivity index (χ3n) is 2.98. The van der Waals surface area contributed by atoms with E-state index in [0.29, 0.717) is 0 Å². The van der Waals surface area contributed by atoms with Crippen LogP contribution in [0.3, 0.4) is 0 Å². The Balaban J connectivity index is 2.00. The molecule has 2 aromatic heterocycles. The molecular formula is C14H20N2OS. The predicted molar refractivity (Wildman–Crippen MR) is 74.9 cm³/mol. The van der Waals surface area contributed by atoms with Crippen molar-refractivity contribution < 1.29 is 4.42 Å². The number of aryl methyl sites for hydroxylation is 2. The predicted octanol–water partition coefficient (Wildman–Crippen LogP) is 4.02. The van der Waals surface area contributed by atoms with Gasteiger partial charge >= 0.3 is 0 Å². The molecule has 98 valence electrons. The van der Waals surface area contributed by atoms with E-state index >= 15 is 0 Å². The lowest BCUT2D eigenvalue weighted by Crippen LogP contribution is -2.21. The fourth-order valence-electron chi connectivity index (χ4n) is 1.90. The van der Waals surface area contributed by atoms with Gasteiger partial charge < -0.3 is 4.42 Å². The molecule has 0 fully saturated rings. The van der Waals surface area contributed by atoms with Crippen molar-refractivity contribution >= 4 is 11.3 Å². The van der Waals surface area contributed by atoms with Gasteiger partial charge in [-0.3, -0.25) is 5.32 Å². The Morgan fingerprint density at radius 2 is 2.11 bits per heavy atom. The normalized spacial score (nSPS) is 14.7. The molecule has 2 aromatic rings. The number of nitrogens with zero attached hydrogens (tertiary/aromatic N) is 1. The van der Waals surface area contributed by atoms with Gasteiger partial charge in [-0.15, -0.1) is 11.3 Å². The summed E-state index contributed by atoms with van der Waals surface area (Å²) in [6, 6.07) is 4.47. The van der Waals surface area contributed by atoms with Crippen molar-refractivity contribution in [3.63, 3.8) is 0 Å². The molecule has 0 radical (unpaired) electrons. The average Bonchev–Trinajstić information content (AvgIpc) is 2.97. The molecule has 2 atom stereocenters. The van der Waals surface area contributed by atoms with Gasteiger partial charge in [0.25, 0.3) is 0 Å². The number of nitrogens with one attached hydrogen (secondary N) is 1. The van der Waals surface area contributed by atoms with Crippen LogP contribution in [0.15, 0.2) is 22.7 Å². The maximum atomic E-state index is 5.63. The molecule has 0 aromatic carbocycles. The molecule has 0 saturated carbocycles. The van der Waals surface area contributed by atoms with Crippen LogP contribution in [-0.2, 0) is 6.42 Å². The van der Waals surface area contributed by atoms with Crippen molar-refractivity contribution in [1.29, 1.82) is 0 Å². The minimum Gasteiger partial charge on any atom is -0.465 e. The van der Waals surface area contributed by atoms with Gasteiger partial charge in [0.1, 0.15) is 16.5 Å². The van der Waals surface area contributed by atoms with Gasteiger partial charge in [-0.2, -0.15) is 0 Å². The van der Waals surface area contributed by atoms with Crippen LogP contribution >= 0.6 is 11.3 Å². The molecule has 0 aliphatic carbocycles. The van der Waals surface area contributed by atoms with Crippen LogP contribution in [0.1, 0.15) is 54.3 Å². The topological polar surface area (TPSA) is 38.1 Å². The summed E-state index contributed by atoms with van der Waals surface area (Å²) in [4.78, 5) is 5.80. The summed E-state index contributed by atoms with van der Waals surface area (Å²) in [5, 5.41) is 4.66. The zero-order valence-corrected chi connectivity index (χ0v) is 12.2. The van der Waals surface area contributed by atoms with E-state index in [0.717, 1.165) is 22.9 Å². The van der Waals surface area contributed by atoms with E-state index in [2.05, 4.69) is 31.1 Å². The minimum absolute atomic E-state index is 0.197. The summed E-state index contributed by atoms with van der Waals surface area (Å²) < 4.78 is 5.63. The van der Waals surface area contributed by atoms with E-state index in [1.54, 1.807) is 11.3 Å². The maximum Gasteiger partial charge on any atom is 0.120 e. The molecule has 0 unspecified atom stereocenters. The highest BCUT2D eigenvalue weighted by Gasteiger charge is 2.16. The molecule has 1 N–H and O–H groups in total. The molecule has 0 saturated heterocycles. The zero-order chi connectivity index (χ0) is 13.1. The molecular weight excluding hydrogens is 244 g/mol. The Morgan fingerprint density at radius 3 is 2.67 bits per heavy atom. The zero-order valence-electron chi connectivity index (χ0n) is 11.4. The maximum absolute atomic E-state index is 5.63. The van der Waals surface area contributed by atoms with E-state index in [1.807, 2.05) is 25.3 Å². The second kappa shape index (κ2) is 5.67. The van der Waals surface area contributed by atoms with Gasteiger partial charge in [-0.25, -0.2) is 4.98 Å². The lowest BCUT2D eigenvalue weighted by molar-refractivity contribution is 0.392. The van der Waals surface area contributed by atoms with Crippen LogP contribution in [0.25, 0.3) is 0 Å². The van der Waals surface area contributed by atoms with Gasteiger partial charge in [0.05, 0.1) is 12.1 Å². The molecule has 3 nitrogen and oxygen atoms in total. The van der Waals surface area contributed by atoms with E-state index in [-0.39, 0.29) is 12.1 Å². The van der Waals surface area contributed by atoms with Crippen LogP contribution in [0.2, 0.25) is 0 Å². The first kappa shape index (κ1) is 13.3. The van der Waals surface area contributed by atoms with Gasteiger partial charge in [0, 0.05) is 11.1 Å². The van der Waals surface area contributed by atoms with E-state index < -0.39 is 0 Å². The number of aromatic nitrogens is 1. The fraction of sp³-hybridized carbons (Fsp3) is 0.500. The van der Waals surface area contributed by atoms with Crippen LogP contribution in [0.5, 0.6) is 0 Å². The molecule has 0 spiro atoms. The summed E-state index contributed by atoms with van der Waals surface area (Å²) in [5.74, 6) is 1.93. The summed E-state index contributed by atoms with van der Waals surface area (Å²) >= 11 is 1.78. The Labute approximate surface area is 112 Å². The van der Waals surface area contributed by atoms with Gasteiger partial charge in [0.2, 0.25) is 0 Å². The summed E-state index contributed by atoms with van der Waals surface area (Å²) in [5.41, 5.74) is 0. The van der Waals surface area contributed by atoms with E-state index in [9.17, 15) is 0 Å². The number of thiazole rings is 1. The first-order valence-corrected chi connectivity index (χ1v) is 7.18. The highest BCUT2D eigenvalue weighted by Crippen LogP contribution is 2.24. The molecule has 2 rings (SSSR count). The molecule has 0 amide bonds. The number of furan rings is 1. The van der Waals surface area contributed by atoms with Crippen molar-refractivity contribution in [2.75, 3.05) is 0 Å². The van der Waals surface area contributed by atoms with Gasteiger partial charge in [-0.05, 0) is 39.3 Å². The monoisotopic (exact) mass is 264 g/mol. The van der Waals surface area contributed by atoms with Crippen LogP contribution < -0.4 is 5.32 Å². The Hall–Kier alpha value is -1.13. The van der Waals surface area contributed by atoms with Crippen LogP contribution in [-0.4, -0.2) is 4.98 Å². The average molecular weight is 264 g/mol. The molecule has 0 aliphatic heterocycles. The smallest absolute Gasteiger partial charge is 0.120 e. The first-order valence-electron chi connectivity index (χ1n) is 6.37. The third-order valence-corrected chi connectivity index (χ3v) is 4.30. The van der Waals surface area contributed by atoms with Gasteiger partial charge in [-0.1, -0.05) is 6.92 Å². The van der Waals surface area contributed by atoms with Crippen LogP contribution in [0, 0.1) is 6.92 Å². The summed E-state index contributed by atoms with van der Waals surface area (Å²) in [6.07, 6.45) is 3.03. The largest absolute Gasteiger partial charge is 0.465 e. The summed E-state index contributed by atoms with van der Waals surface area (Å²) in [7, 11) is 0. The van der Waals surface area contributed by atoms with Crippen LogP contribution in [0.4, 0.5) is 0 Å². The summed E-state index contributed by atoms with van der Waals surface area (Å²) in [6.45, 7) is 8.38. The first-order chi connectivity index (χ1) is 8.60. The van der Waals surface area contributed by atoms with Crippen molar-refractivity contribution in [2.24, 2.45) is 0 Å².